The number of likely N-dealkylation sites (N-methyl/N-ethyl adjacent to an activating group) is 2. The van der Waals surface area contributed by atoms with E-state index in [9.17, 15) is 9.59 Å². The van der Waals surface area contributed by atoms with Gasteiger partial charge in [-0.05, 0) is 26.2 Å². The lowest BCUT2D eigenvalue weighted by Crippen LogP contribution is -2.28. The Kier molecular flexibility index (Phi) is 12.8. The van der Waals surface area contributed by atoms with Crippen LogP contribution in [0.1, 0.15) is 40.5 Å². The van der Waals surface area contributed by atoms with Crippen LogP contribution in [0.2, 0.25) is 0 Å². The summed E-state index contributed by atoms with van der Waals surface area (Å²) in [6.07, 6.45) is 0.171. The third kappa shape index (κ3) is 10.6. The van der Waals surface area contributed by atoms with Crippen molar-refractivity contribution in [3.8, 4) is 0 Å². The number of rotatable bonds is 13. The van der Waals surface area contributed by atoms with Crippen LogP contribution in [0.25, 0.3) is 0 Å². The molecule has 6 nitrogen and oxygen atoms in total. The van der Waals surface area contributed by atoms with Crippen LogP contribution in [0.5, 0.6) is 0 Å². The van der Waals surface area contributed by atoms with Crippen molar-refractivity contribution in [2.75, 3.05) is 52.5 Å². The number of hydrogen-bond acceptors (Lipinski definition) is 6. The van der Waals surface area contributed by atoms with E-state index in [1.165, 1.54) is 0 Å². The van der Waals surface area contributed by atoms with E-state index in [0.29, 0.717) is 13.2 Å². The minimum atomic E-state index is -0.340. The van der Waals surface area contributed by atoms with Crippen molar-refractivity contribution in [3.05, 3.63) is 0 Å². The lowest BCUT2D eigenvalue weighted by molar-refractivity contribution is -0.150. The molecule has 0 bridgehead atoms. The SMILES string of the molecule is CCN(CC)CCOC(=O)CCC(=O)OCCN(CC)CC. The van der Waals surface area contributed by atoms with Crippen molar-refractivity contribution in [2.45, 2.75) is 40.5 Å². The molecule has 0 aliphatic carbocycles. The molecule has 0 saturated carbocycles. The smallest absolute Gasteiger partial charge is 0.306 e. The van der Waals surface area contributed by atoms with E-state index in [1.807, 2.05) is 0 Å². The second-order valence-corrected chi connectivity index (χ2v) is 4.99. The molecule has 130 valence electrons. The van der Waals surface area contributed by atoms with Crippen molar-refractivity contribution < 1.29 is 19.1 Å². The molecule has 0 unspecified atom stereocenters. The molecule has 6 heteroatoms. The Bertz CT molecular complexity index is 273. The van der Waals surface area contributed by atoms with Crippen LogP contribution in [0.3, 0.4) is 0 Å². The first-order chi connectivity index (χ1) is 10.6. The monoisotopic (exact) mass is 316 g/mol. The Morgan fingerprint density at radius 1 is 0.682 bits per heavy atom. The summed E-state index contributed by atoms with van der Waals surface area (Å²) in [4.78, 5) is 27.4. The molecular weight excluding hydrogens is 284 g/mol. The number of carbonyl (C=O) groups excluding carboxylic acids is 2. The Morgan fingerprint density at radius 2 is 1.00 bits per heavy atom. The highest BCUT2D eigenvalue weighted by molar-refractivity contribution is 5.77. The topological polar surface area (TPSA) is 59.1 Å². The highest BCUT2D eigenvalue weighted by Gasteiger charge is 2.10. The summed E-state index contributed by atoms with van der Waals surface area (Å²) in [5.41, 5.74) is 0. The molecule has 0 rings (SSSR count). The van der Waals surface area contributed by atoms with Crippen LogP contribution >= 0.6 is 0 Å². The summed E-state index contributed by atoms with van der Waals surface area (Å²) in [6, 6.07) is 0. The summed E-state index contributed by atoms with van der Waals surface area (Å²) in [5.74, 6) is -0.680. The lowest BCUT2D eigenvalue weighted by Gasteiger charge is -2.18. The highest BCUT2D eigenvalue weighted by Crippen LogP contribution is 1.97. The number of hydrogen-bond donors (Lipinski definition) is 0. The van der Waals surface area contributed by atoms with Crippen molar-refractivity contribution in [1.82, 2.24) is 9.80 Å². The lowest BCUT2D eigenvalue weighted by atomic mass is 10.3. The molecule has 0 atom stereocenters. The Balaban J connectivity index is 3.66. The molecule has 0 saturated heterocycles. The molecule has 0 N–H and O–H groups in total. The first-order valence-corrected chi connectivity index (χ1v) is 8.33. The van der Waals surface area contributed by atoms with Gasteiger partial charge in [0.05, 0.1) is 12.8 Å². The quantitative estimate of drug-likeness (QED) is 0.480. The van der Waals surface area contributed by atoms with E-state index in [1.54, 1.807) is 0 Å². The molecule has 22 heavy (non-hydrogen) atoms. The van der Waals surface area contributed by atoms with E-state index in [4.69, 9.17) is 9.47 Å². The highest BCUT2D eigenvalue weighted by atomic mass is 16.5. The molecule has 0 spiro atoms. The Morgan fingerprint density at radius 3 is 1.27 bits per heavy atom. The fourth-order valence-corrected chi connectivity index (χ4v) is 2.01. The van der Waals surface area contributed by atoms with Crippen LogP contribution in [-0.4, -0.2) is 74.2 Å². The molecule has 0 heterocycles. The van der Waals surface area contributed by atoms with E-state index < -0.39 is 0 Å². The van der Waals surface area contributed by atoms with Crippen molar-refractivity contribution in [1.29, 1.82) is 0 Å². The van der Waals surface area contributed by atoms with E-state index in [-0.39, 0.29) is 24.8 Å². The maximum Gasteiger partial charge on any atom is 0.306 e. The molecule has 0 fully saturated rings. The summed E-state index contributed by atoms with van der Waals surface area (Å²) >= 11 is 0. The van der Waals surface area contributed by atoms with E-state index in [2.05, 4.69) is 37.5 Å². The van der Waals surface area contributed by atoms with Crippen molar-refractivity contribution in [2.24, 2.45) is 0 Å². The van der Waals surface area contributed by atoms with Crippen LogP contribution in [0, 0.1) is 0 Å². The van der Waals surface area contributed by atoms with Crippen LogP contribution in [0.15, 0.2) is 0 Å². The van der Waals surface area contributed by atoms with Gasteiger partial charge in [0.2, 0.25) is 0 Å². The summed E-state index contributed by atoms with van der Waals surface area (Å²) in [5, 5.41) is 0. The third-order valence-electron chi connectivity index (χ3n) is 3.66. The number of nitrogens with zero attached hydrogens (tertiary/aromatic N) is 2. The van der Waals surface area contributed by atoms with Gasteiger partial charge in [0.1, 0.15) is 13.2 Å². The number of esters is 2. The summed E-state index contributed by atoms with van der Waals surface area (Å²) in [6.45, 7) is 14.2. The van der Waals surface area contributed by atoms with E-state index in [0.717, 1.165) is 39.3 Å². The number of carbonyl (C=O) groups is 2. The molecule has 0 aromatic heterocycles. The van der Waals surface area contributed by atoms with Crippen molar-refractivity contribution >= 4 is 11.9 Å². The zero-order chi connectivity index (χ0) is 16.8. The Hall–Kier alpha value is -1.14. The first kappa shape index (κ1) is 20.9. The van der Waals surface area contributed by atoms with Gasteiger partial charge in [-0.15, -0.1) is 0 Å². The minimum absolute atomic E-state index is 0.0857. The average Bonchev–Trinajstić information content (AvgIpc) is 2.53. The van der Waals surface area contributed by atoms with Crippen LogP contribution in [-0.2, 0) is 19.1 Å². The molecule has 0 aromatic rings. The molecule has 0 aliphatic rings. The summed E-state index contributed by atoms with van der Waals surface area (Å²) < 4.78 is 10.2. The second kappa shape index (κ2) is 13.5. The largest absolute Gasteiger partial charge is 0.464 e. The fourth-order valence-electron chi connectivity index (χ4n) is 2.01. The van der Waals surface area contributed by atoms with Crippen molar-refractivity contribution in [3.63, 3.8) is 0 Å². The van der Waals surface area contributed by atoms with Gasteiger partial charge < -0.3 is 19.3 Å². The maximum atomic E-state index is 11.5. The van der Waals surface area contributed by atoms with Gasteiger partial charge in [-0.2, -0.15) is 0 Å². The van der Waals surface area contributed by atoms with Crippen LogP contribution in [0.4, 0.5) is 0 Å². The molecule has 0 aliphatic heterocycles. The van der Waals surface area contributed by atoms with E-state index >= 15 is 0 Å². The second-order valence-electron chi connectivity index (χ2n) is 4.99. The molecule has 0 aromatic carbocycles. The molecule has 0 amide bonds. The average molecular weight is 316 g/mol. The van der Waals surface area contributed by atoms with Crippen LogP contribution < -0.4 is 0 Å². The van der Waals surface area contributed by atoms with Gasteiger partial charge in [0.15, 0.2) is 0 Å². The van der Waals surface area contributed by atoms with Gasteiger partial charge in [-0.3, -0.25) is 9.59 Å². The summed E-state index contributed by atoms with van der Waals surface area (Å²) in [7, 11) is 0. The first-order valence-electron chi connectivity index (χ1n) is 8.33. The number of ether oxygens (including phenoxy) is 2. The predicted octanol–water partition coefficient (Wildman–Crippen LogP) is 1.54. The zero-order valence-electron chi connectivity index (χ0n) is 14.6. The van der Waals surface area contributed by atoms with Gasteiger partial charge in [-0.1, -0.05) is 27.7 Å². The third-order valence-corrected chi connectivity index (χ3v) is 3.66. The van der Waals surface area contributed by atoms with Gasteiger partial charge in [-0.25, -0.2) is 0 Å². The molecular formula is C16H32N2O4. The van der Waals surface area contributed by atoms with Gasteiger partial charge in [0.25, 0.3) is 0 Å². The standard InChI is InChI=1S/C16H32N2O4/c1-5-17(6-2)11-13-21-15(19)9-10-16(20)22-14-12-18(7-3)8-4/h5-14H2,1-4H3. The minimum Gasteiger partial charge on any atom is -0.464 e. The van der Waals surface area contributed by atoms with Gasteiger partial charge >= 0.3 is 11.9 Å². The normalized spacial score (nSPS) is 11.0. The maximum absolute atomic E-state index is 11.5. The molecule has 0 radical (unpaired) electrons. The fraction of sp³-hybridized carbons (Fsp3) is 0.875. The predicted molar refractivity (Wildman–Crippen MR) is 86.7 cm³/mol. The zero-order valence-corrected chi connectivity index (χ0v) is 14.6. The van der Waals surface area contributed by atoms with Gasteiger partial charge in [0, 0.05) is 13.1 Å². The Labute approximate surface area is 134 Å².